The van der Waals surface area contributed by atoms with Crippen LogP contribution in [0.3, 0.4) is 0 Å². The highest BCUT2D eigenvalue weighted by molar-refractivity contribution is 6.04. The van der Waals surface area contributed by atoms with Crippen molar-refractivity contribution in [2.24, 2.45) is 5.10 Å². The number of halogens is 2. The molecule has 5 rings (SSSR count). The number of carbonyl (C=O) groups is 2. The van der Waals surface area contributed by atoms with Crippen LogP contribution in [0, 0.1) is 11.6 Å². The summed E-state index contributed by atoms with van der Waals surface area (Å²) in [4.78, 5) is 31.1. The Morgan fingerprint density at radius 2 is 1.70 bits per heavy atom. The van der Waals surface area contributed by atoms with Gasteiger partial charge in [-0.25, -0.2) is 13.8 Å². The molecule has 1 atom stereocenters. The first-order valence-electron chi connectivity index (χ1n) is 14.1. The fourth-order valence-corrected chi connectivity index (χ4v) is 5.32. The maximum Gasteiger partial charge on any atom is 0.262 e. The van der Waals surface area contributed by atoms with E-state index < -0.39 is 29.5 Å². The molecule has 0 aliphatic carbocycles. The van der Waals surface area contributed by atoms with Crippen molar-refractivity contribution in [3.63, 3.8) is 0 Å². The van der Waals surface area contributed by atoms with E-state index in [1.165, 1.54) is 48.4 Å². The minimum atomic E-state index is -0.670. The fraction of sp³-hybridized carbons (Fsp3) is 0.344. The Balaban J connectivity index is 1.48. The summed E-state index contributed by atoms with van der Waals surface area (Å²) in [5.74, 6) is -1.20. The molecule has 0 unspecified atom stereocenters. The van der Waals surface area contributed by atoms with Crippen LogP contribution in [0.5, 0.6) is 11.5 Å². The van der Waals surface area contributed by atoms with Crippen LogP contribution in [-0.4, -0.2) is 92.5 Å². The summed E-state index contributed by atoms with van der Waals surface area (Å²) in [7, 11) is 3.05. The SMILES string of the molecule is COc1ccc(OC)c([C@H]2CC(c3ccccc3F)=NN2C(=O)CN(CCN2CCOCC2)C(=O)c2ccccc2F)c1. The lowest BCUT2D eigenvalue weighted by Crippen LogP contribution is -2.46. The number of carbonyl (C=O) groups excluding carboxylic acids is 2. The van der Waals surface area contributed by atoms with E-state index in [2.05, 4.69) is 10.0 Å². The normalized spacial score (nSPS) is 17.0. The number of benzene rings is 3. The van der Waals surface area contributed by atoms with Gasteiger partial charge in [-0.3, -0.25) is 14.5 Å². The van der Waals surface area contributed by atoms with Crippen molar-refractivity contribution in [1.82, 2.24) is 14.8 Å². The highest BCUT2D eigenvalue weighted by atomic mass is 19.1. The van der Waals surface area contributed by atoms with Crippen LogP contribution >= 0.6 is 0 Å². The highest BCUT2D eigenvalue weighted by Crippen LogP contribution is 2.39. The van der Waals surface area contributed by atoms with Gasteiger partial charge in [0.25, 0.3) is 11.8 Å². The molecule has 0 N–H and O–H groups in total. The second-order valence-corrected chi connectivity index (χ2v) is 10.3. The molecular formula is C32H34F2N4O5. The van der Waals surface area contributed by atoms with Crippen molar-refractivity contribution in [3.8, 4) is 11.5 Å². The van der Waals surface area contributed by atoms with Gasteiger partial charge in [-0.15, -0.1) is 0 Å². The average Bonchev–Trinajstić information content (AvgIpc) is 3.48. The molecule has 0 saturated carbocycles. The largest absolute Gasteiger partial charge is 0.497 e. The molecule has 9 nitrogen and oxygen atoms in total. The van der Waals surface area contributed by atoms with E-state index in [1.54, 1.807) is 42.5 Å². The van der Waals surface area contributed by atoms with Gasteiger partial charge in [0.2, 0.25) is 0 Å². The lowest BCUT2D eigenvalue weighted by atomic mass is 9.97. The van der Waals surface area contributed by atoms with Crippen LogP contribution in [-0.2, 0) is 9.53 Å². The second-order valence-electron chi connectivity index (χ2n) is 10.3. The van der Waals surface area contributed by atoms with Crippen LogP contribution in [0.4, 0.5) is 8.78 Å². The smallest absolute Gasteiger partial charge is 0.262 e. The monoisotopic (exact) mass is 592 g/mol. The molecule has 2 aliphatic heterocycles. The number of amides is 2. The average molecular weight is 593 g/mol. The van der Waals surface area contributed by atoms with Crippen molar-refractivity contribution < 1.29 is 32.6 Å². The number of rotatable bonds is 10. The molecule has 0 aromatic heterocycles. The van der Waals surface area contributed by atoms with Crippen molar-refractivity contribution in [2.45, 2.75) is 12.5 Å². The summed E-state index contributed by atoms with van der Waals surface area (Å²) in [5.41, 5.74) is 1.14. The third-order valence-corrected chi connectivity index (χ3v) is 7.65. The molecule has 3 aromatic carbocycles. The van der Waals surface area contributed by atoms with E-state index in [1.807, 2.05) is 0 Å². The Labute approximate surface area is 249 Å². The number of methoxy groups -OCH3 is 2. The quantitative estimate of drug-likeness (QED) is 0.352. The van der Waals surface area contributed by atoms with Crippen molar-refractivity contribution in [2.75, 3.05) is 60.2 Å². The molecule has 0 bridgehead atoms. The number of hydrogen-bond acceptors (Lipinski definition) is 7. The maximum absolute atomic E-state index is 14.9. The van der Waals surface area contributed by atoms with Gasteiger partial charge < -0.3 is 19.1 Å². The molecule has 0 spiro atoms. The Bertz CT molecular complexity index is 1490. The molecule has 1 saturated heterocycles. The van der Waals surface area contributed by atoms with Crippen LogP contribution in [0.25, 0.3) is 0 Å². The predicted octanol–water partition coefficient (Wildman–Crippen LogP) is 4.13. The summed E-state index contributed by atoms with van der Waals surface area (Å²) in [5, 5.41) is 5.86. The maximum atomic E-state index is 14.9. The van der Waals surface area contributed by atoms with E-state index in [0.717, 1.165) is 0 Å². The third-order valence-electron chi connectivity index (χ3n) is 7.65. The van der Waals surface area contributed by atoms with Crippen LogP contribution in [0.15, 0.2) is 71.8 Å². The molecule has 43 heavy (non-hydrogen) atoms. The van der Waals surface area contributed by atoms with E-state index >= 15 is 0 Å². The fourth-order valence-electron chi connectivity index (χ4n) is 5.32. The van der Waals surface area contributed by atoms with E-state index in [-0.39, 0.29) is 30.6 Å². The topological polar surface area (TPSA) is 83.9 Å². The van der Waals surface area contributed by atoms with Crippen LogP contribution in [0.2, 0.25) is 0 Å². The summed E-state index contributed by atoms with van der Waals surface area (Å²) in [6.07, 6.45) is 0.200. The molecule has 0 radical (unpaired) electrons. The molecule has 3 aromatic rings. The molecule has 2 aliphatic rings. The lowest BCUT2D eigenvalue weighted by Gasteiger charge is -2.31. The van der Waals surface area contributed by atoms with Gasteiger partial charge in [0.1, 0.15) is 29.7 Å². The van der Waals surface area contributed by atoms with E-state index in [4.69, 9.17) is 14.2 Å². The van der Waals surface area contributed by atoms with Crippen LogP contribution in [0.1, 0.15) is 33.9 Å². The first-order chi connectivity index (χ1) is 20.9. The molecule has 226 valence electrons. The van der Waals surface area contributed by atoms with E-state index in [9.17, 15) is 18.4 Å². The Morgan fingerprint density at radius 3 is 2.40 bits per heavy atom. The zero-order valence-electron chi connectivity index (χ0n) is 24.2. The van der Waals surface area contributed by atoms with Crippen molar-refractivity contribution >= 4 is 17.5 Å². The molecule has 2 heterocycles. The standard InChI is InChI=1S/C32H34F2N4O5/c1-41-22-11-12-30(42-2)25(19-22)29-20-28(23-7-3-5-9-26(23)33)35-38(29)31(39)21-37(14-13-36-15-17-43-18-16-36)32(40)24-8-4-6-10-27(24)34/h3-12,19,29H,13-18,20-21H2,1-2H3/t29-/m1/s1. The Kier molecular flexibility index (Phi) is 9.63. The van der Waals surface area contributed by atoms with Crippen molar-refractivity contribution in [3.05, 3.63) is 95.1 Å². The number of hydrogen-bond donors (Lipinski definition) is 0. The Hall–Kier alpha value is -4.35. The summed E-state index contributed by atoms with van der Waals surface area (Å²) in [6.45, 7) is 2.83. The first kappa shape index (κ1) is 30.1. The second kappa shape index (κ2) is 13.7. The summed E-state index contributed by atoms with van der Waals surface area (Å²) < 4.78 is 46.0. The van der Waals surface area contributed by atoms with Gasteiger partial charge in [0, 0.05) is 43.7 Å². The van der Waals surface area contributed by atoms with E-state index in [0.29, 0.717) is 55.6 Å². The summed E-state index contributed by atoms with van der Waals surface area (Å²) >= 11 is 0. The number of nitrogens with zero attached hydrogens (tertiary/aromatic N) is 4. The van der Waals surface area contributed by atoms with Gasteiger partial charge in [0.15, 0.2) is 0 Å². The molecule has 11 heteroatoms. The first-order valence-corrected chi connectivity index (χ1v) is 14.1. The minimum absolute atomic E-state index is 0.125. The third kappa shape index (κ3) is 6.84. The van der Waals surface area contributed by atoms with Gasteiger partial charge in [-0.05, 0) is 36.4 Å². The Morgan fingerprint density at radius 1 is 0.977 bits per heavy atom. The van der Waals surface area contributed by atoms with Gasteiger partial charge in [0.05, 0.1) is 44.8 Å². The zero-order chi connectivity index (χ0) is 30.3. The highest BCUT2D eigenvalue weighted by Gasteiger charge is 2.37. The summed E-state index contributed by atoms with van der Waals surface area (Å²) in [6, 6.07) is 16.5. The van der Waals surface area contributed by atoms with Gasteiger partial charge in [-0.1, -0.05) is 30.3 Å². The molecule has 2 amide bonds. The zero-order valence-corrected chi connectivity index (χ0v) is 24.2. The van der Waals surface area contributed by atoms with Gasteiger partial charge >= 0.3 is 0 Å². The van der Waals surface area contributed by atoms with Gasteiger partial charge in [-0.2, -0.15) is 5.10 Å². The minimum Gasteiger partial charge on any atom is -0.497 e. The number of ether oxygens (including phenoxy) is 3. The number of hydrazone groups is 1. The number of morpholine rings is 1. The molecule has 1 fully saturated rings. The van der Waals surface area contributed by atoms with Crippen LogP contribution < -0.4 is 9.47 Å². The molecular weight excluding hydrogens is 558 g/mol. The predicted molar refractivity (Wildman–Crippen MR) is 156 cm³/mol. The van der Waals surface area contributed by atoms with Crippen molar-refractivity contribution in [1.29, 1.82) is 0 Å². The lowest BCUT2D eigenvalue weighted by molar-refractivity contribution is -0.133.